The normalized spacial score (nSPS) is 11.6. The monoisotopic (exact) mass is 460 g/mol. The van der Waals surface area contributed by atoms with Crippen molar-refractivity contribution >= 4 is 16.9 Å². The lowest BCUT2D eigenvalue weighted by Gasteiger charge is -2.19. The molecule has 6 heteroatoms. The van der Waals surface area contributed by atoms with Gasteiger partial charge in [0.15, 0.2) is 5.76 Å². The molecule has 0 unspecified atom stereocenters. The number of benzene rings is 2. The third-order valence-electron chi connectivity index (χ3n) is 5.89. The van der Waals surface area contributed by atoms with Crippen molar-refractivity contribution in [2.24, 2.45) is 0 Å². The number of furan rings is 1. The molecule has 0 N–H and O–H groups in total. The van der Waals surface area contributed by atoms with Crippen molar-refractivity contribution < 1.29 is 23.1 Å². The van der Waals surface area contributed by atoms with Crippen molar-refractivity contribution in [1.29, 1.82) is 0 Å². The highest BCUT2D eigenvalue weighted by Crippen LogP contribution is 2.34. The van der Waals surface area contributed by atoms with Crippen molar-refractivity contribution in [3.63, 3.8) is 0 Å². The summed E-state index contributed by atoms with van der Waals surface area (Å²) in [5, 5.41) is 0.447. The Morgan fingerprint density at radius 2 is 1.62 bits per heavy atom. The first-order valence-corrected chi connectivity index (χ1v) is 11.1. The summed E-state index contributed by atoms with van der Waals surface area (Å²) in [6, 6.07) is 14.7. The number of methoxy groups -OCH3 is 1. The van der Waals surface area contributed by atoms with Crippen LogP contribution in [0.2, 0.25) is 0 Å². The zero-order chi connectivity index (χ0) is 24.6. The molecule has 2 aromatic carbocycles. The van der Waals surface area contributed by atoms with Gasteiger partial charge in [0.25, 0.3) is 0 Å². The van der Waals surface area contributed by atoms with Gasteiger partial charge in [-0.25, -0.2) is 4.79 Å². The molecule has 0 aliphatic rings. The van der Waals surface area contributed by atoms with Crippen molar-refractivity contribution in [2.45, 2.75) is 46.6 Å². The predicted molar refractivity (Wildman–Crippen MR) is 130 cm³/mol. The summed E-state index contributed by atoms with van der Waals surface area (Å²) in [7, 11) is 1.28. The number of carbonyl (C=O) groups is 1. The van der Waals surface area contributed by atoms with E-state index in [1.54, 1.807) is 6.07 Å². The van der Waals surface area contributed by atoms with Crippen molar-refractivity contribution in [3.8, 4) is 17.1 Å². The van der Waals surface area contributed by atoms with Crippen molar-refractivity contribution in [1.82, 2.24) is 0 Å². The van der Waals surface area contributed by atoms with Crippen LogP contribution in [0.25, 0.3) is 22.3 Å². The van der Waals surface area contributed by atoms with Crippen LogP contribution in [0.15, 0.2) is 62.2 Å². The maximum atomic E-state index is 13.5. The molecule has 0 spiro atoms. The molecule has 0 saturated heterocycles. The molecule has 0 aliphatic carbocycles. The average Bonchev–Trinajstić information content (AvgIpc) is 3.28. The standard InChI is InChI=1S/C28H28O6/c1-16-13-21-23(14-17(16)2)34-25(18-7-9-19(10-8-18)28(3,4)5)26(24(21)29)32-15-20-11-12-22(33-20)27(30)31-6/h7-14H,15H2,1-6H3. The van der Waals surface area contributed by atoms with Gasteiger partial charge in [0.05, 0.1) is 12.5 Å². The number of fused-ring (bicyclic) bond motifs is 1. The van der Waals surface area contributed by atoms with Gasteiger partial charge in [-0.05, 0) is 60.2 Å². The Kier molecular flexibility index (Phi) is 6.09. The molecular formula is C28H28O6. The van der Waals surface area contributed by atoms with Gasteiger partial charge in [0.2, 0.25) is 16.9 Å². The van der Waals surface area contributed by atoms with E-state index in [-0.39, 0.29) is 29.0 Å². The highest BCUT2D eigenvalue weighted by Gasteiger charge is 2.21. The molecule has 4 rings (SSSR count). The number of aryl methyl sites for hydroxylation is 2. The lowest BCUT2D eigenvalue weighted by molar-refractivity contribution is 0.0561. The summed E-state index contributed by atoms with van der Waals surface area (Å²) in [6.07, 6.45) is 0. The van der Waals surface area contributed by atoms with Crippen LogP contribution < -0.4 is 10.2 Å². The summed E-state index contributed by atoms with van der Waals surface area (Å²) in [5.41, 5.74) is 4.15. The van der Waals surface area contributed by atoms with Crippen LogP contribution in [0, 0.1) is 13.8 Å². The molecule has 34 heavy (non-hydrogen) atoms. The van der Waals surface area contributed by atoms with Crippen molar-refractivity contribution in [3.05, 3.63) is 87.0 Å². The Balaban J connectivity index is 1.80. The minimum Gasteiger partial charge on any atom is -0.478 e. The molecule has 2 aromatic heterocycles. The predicted octanol–water partition coefficient (Wildman–Crippen LogP) is 6.33. The fourth-order valence-corrected chi connectivity index (χ4v) is 3.69. The van der Waals surface area contributed by atoms with Gasteiger partial charge in [0, 0.05) is 5.56 Å². The maximum absolute atomic E-state index is 13.5. The van der Waals surface area contributed by atoms with Crippen LogP contribution in [-0.4, -0.2) is 13.1 Å². The van der Waals surface area contributed by atoms with E-state index in [0.717, 1.165) is 16.7 Å². The summed E-state index contributed by atoms with van der Waals surface area (Å²) >= 11 is 0. The highest BCUT2D eigenvalue weighted by molar-refractivity contribution is 5.86. The van der Waals surface area contributed by atoms with E-state index in [9.17, 15) is 9.59 Å². The summed E-state index contributed by atoms with van der Waals surface area (Å²) < 4.78 is 22.4. The first kappa shape index (κ1) is 23.4. The molecule has 0 radical (unpaired) electrons. The molecule has 0 atom stereocenters. The SMILES string of the molecule is COC(=O)c1ccc(COc2c(-c3ccc(C(C)(C)C)cc3)oc3cc(C)c(C)cc3c2=O)o1. The van der Waals surface area contributed by atoms with Gasteiger partial charge in [-0.2, -0.15) is 0 Å². The third kappa shape index (κ3) is 4.49. The fourth-order valence-electron chi connectivity index (χ4n) is 3.69. The fraction of sp³-hybridized carbons (Fsp3) is 0.286. The highest BCUT2D eigenvalue weighted by atomic mass is 16.5. The van der Waals surface area contributed by atoms with Gasteiger partial charge >= 0.3 is 5.97 Å². The Hall–Kier alpha value is -3.80. The lowest BCUT2D eigenvalue weighted by Crippen LogP contribution is -2.12. The Labute approximate surface area is 198 Å². The minimum absolute atomic E-state index is 0.00659. The van der Waals surface area contributed by atoms with Gasteiger partial charge in [-0.3, -0.25) is 4.79 Å². The second-order valence-electron chi connectivity index (χ2n) is 9.40. The molecular weight excluding hydrogens is 432 g/mol. The Bertz CT molecular complexity index is 1410. The van der Waals surface area contributed by atoms with Crippen LogP contribution in [0.1, 0.15) is 53.8 Å². The molecule has 6 nitrogen and oxygen atoms in total. The molecule has 4 aromatic rings. The van der Waals surface area contributed by atoms with E-state index < -0.39 is 5.97 Å². The number of hydrogen-bond donors (Lipinski definition) is 0. The van der Waals surface area contributed by atoms with Gasteiger partial charge in [-0.15, -0.1) is 0 Å². The zero-order valence-electron chi connectivity index (χ0n) is 20.3. The molecule has 0 aliphatic heterocycles. The zero-order valence-corrected chi connectivity index (χ0v) is 20.3. The van der Waals surface area contributed by atoms with E-state index in [1.807, 2.05) is 50.2 Å². The molecule has 0 amide bonds. The maximum Gasteiger partial charge on any atom is 0.373 e. The Morgan fingerprint density at radius 3 is 2.26 bits per heavy atom. The number of rotatable bonds is 5. The van der Waals surface area contributed by atoms with Gasteiger partial charge in [-0.1, -0.05) is 45.0 Å². The first-order valence-electron chi connectivity index (χ1n) is 11.1. The van der Waals surface area contributed by atoms with Crippen LogP contribution in [0.4, 0.5) is 0 Å². The Morgan fingerprint density at radius 1 is 0.941 bits per heavy atom. The number of esters is 1. The van der Waals surface area contributed by atoms with Crippen molar-refractivity contribution in [2.75, 3.05) is 7.11 Å². The summed E-state index contributed by atoms with van der Waals surface area (Å²) in [5.74, 6) is 0.308. The smallest absolute Gasteiger partial charge is 0.373 e. The molecule has 0 bridgehead atoms. The molecule has 2 heterocycles. The van der Waals surface area contributed by atoms with Gasteiger partial charge in [0.1, 0.15) is 18.0 Å². The van der Waals surface area contributed by atoms with Crippen LogP contribution in [0.3, 0.4) is 0 Å². The number of carbonyl (C=O) groups excluding carboxylic acids is 1. The van der Waals surface area contributed by atoms with Crippen LogP contribution in [-0.2, 0) is 16.8 Å². The van der Waals surface area contributed by atoms with Gasteiger partial charge < -0.3 is 18.3 Å². The molecule has 0 fully saturated rings. The largest absolute Gasteiger partial charge is 0.478 e. The third-order valence-corrected chi connectivity index (χ3v) is 5.89. The number of ether oxygens (including phenoxy) is 2. The van der Waals surface area contributed by atoms with E-state index in [0.29, 0.717) is 22.5 Å². The minimum atomic E-state index is -0.582. The van der Waals surface area contributed by atoms with Crippen LogP contribution in [0.5, 0.6) is 5.75 Å². The van der Waals surface area contributed by atoms with E-state index in [2.05, 4.69) is 25.5 Å². The van der Waals surface area contributed by atoms with Crippen LogP contribution >= 0.6 is 0 Å². The van der Waals surface area contributed by atoms with E-state index >= 15 is 0 Å². The summed E-state index contributed by atoms with van der Waals surface area (Å²) in [6.45, 7) is 10.3. The lowest BCUT2D eigenvalue weighted by atomic mass is 9.86. The second kappa shape index (κ2) is 8.86. The topological polar surface area (TPSA) is 78.9 Å². The summed E-state index contributed by atoms with van der Waals surface area (Å²) in [4.78, 5) is 25.2. The first-order chi connectivity index (χ1) is 16.1. The second-order valence-corrected chi connectivity index (χ2v) is 9.40. The number of hydrogen-bond acceptors (Lipinski definition) is 6. The van der Waals surface area contributed by atoms with E-state index in [1.165, 1.54) is 18.7 Å². The van der Waals surface area contributed by atoms with E-state index in [4.69, 9.17) is 13.6 Å². The quantitative estimate of drug-likeness (QED) is 0.324. The average molecular weight is 461 g/mol. The molecule has 176 valence electrons. The molecule has 0 saturated carbocycles.